The van der Waals surface area contributed by atoms with E-state index in [0.29, 0.717) is 5.69 Å². The van der Waals surface area contributed by atoms with Gasteiger partial charge in [0.15, 0.2) is 0 Å². The molecule has 18 heavy (non-hydrogen) atoms. The molecular formula is C12H12N4O2. The molecule has 1 amide bonds. The topological polar surface area (TPSA) is 90.4 Å². The van der Waals surface area contributed by atoms with Gasteiger partial charge in [0.25, 0.3) is 5.91 Å². The molecule has 6 nitrogen and oxygen atoms in total. The van der Waals surface area contributed by atoms with Crippen LogP contribution in [0.4, 0.5) is 0 Å². The van der Waals surface area contributed by atoms with Gasteiger partial charge < -0.3 is 10.1 Å². The molecule has 3 N–H and O–H groups in total. The number of nitrogens with zero attached hydrogens (tertiary/aromatic N) is 2. The highest BCUT2D eigenvalue weighted by Crippen LogP contribution is 2.14. The summed E-state index contributed by atoms with van der Waals surface area (Å²) in [5.41, 5.74) is 4.00. The van der Waals surface area contributed by atoms with Gasteiger partial charge in [-0.05, 0) is 19.1 Å². The van der Waals surface area contributed by atoms with E-state index in [4.69, 9.17) is 0 Å². The molecule has 0 spiro atoms. The minimum atomic E-state index is -0.475. The molecular weight excluding hydrogens is 232 g/mol. The largest absolute Gasteiger partial charge is 0.507 e. The van der Waals surface area contributed by atoms with Crippen LogP contribution in [-0.2, 0) is 0 Å². The number of nitrogens with one attached hydrogen (secondary N) is 2. The van der Waals surface area contributed by atoms with Crippen molar-refractivity contribution in [3.8, 4) is 5.75 Å². The van der Waals surface area contributed by atoms with Crippen LogP contribution >= 0.6 is 0 Å². The smallest absolute Gasteiger partial charge is 0.275 e. The van der Waals surface area contributed by atoms with E-state index in [0.717, 1.165) is 5.69 Å². The lowest BCUT2D eigenvalue weighted by atomic mass is 10.2. The molecule has 1 aromatic heterocycles. The number of aromatic hydroxyl groups is 1. The summed E-state index contributed by atoms with van der Waals surface area (Å²) >= 11 is 0. The van der Waals surface area contributed by atoms with Crippen molar-refractivity contribution >= 4 is 12.1 Å². The molecule has 2 aromatic rings. The van der Waals surface area contributed by atoms with Crippen LogP contribution in [0.1, 0.15) is 21.7 Å². The molecule has 92 valence electrons. The van der Waals surface area contributed by atoms with E-state index in [1.54, 1.807) is 18.5 Å². The first-order chi connectivity index (χ1) is 8.68. The summed E-state index contributed by atoms with van der Waals surface area (Å²) in [4.78, 5) is 18.6. The van der Waals surface area contributed by atoms with Gasteiger partial charge in [0, 0.05) is 5.69 Å². The maximum atomic E-state index is 11.7. The van der Waals surface area contributed by atoms with E-state index in [1.165, 1.54) is 18.3 Å². The van der Waals surface area contributed by atoms with Crippen LogP contribution in [0.2, 0.25) is 0 Å². The van der Waals surface area contributed by atoms with Gasteiger partial charge in [-0.25, -0.2) is 10.4 Å². The molecule has 1 aromatic carbocycles. The minimum absolute atomic E-state index is 0.0823. The summed E-state index contributed by atoms with van der Waals surface area (Å²) in [6.45, 7) is 1.85. The number of hydrogen-bond donors (Lipinski definition) is 3. The number of phenols is 1. The molecule has 2 rings (SSSR count). The zero-order valence-electron chi connectivity index (χ0n) is 9.71. The number of carbonyl (C=O) groups excluding carboxylic acids is 1. The highest BCUT2D eigenvalue weighted by Gasteiger charge is 2.08. The zero-order valence-corrected chi connectivity index (χ0v) is 9.71. The van der Waals surface area contributed by atoms with Gasteiger partial charge in [0.1, 0.15) is 11.4 Å². The zero-order chi connectivity index (χ0) is 13.0. The van der Waals surface area contributed by atoms with E-state index < -0.39 is 5.91 Å². The Balaban J connectivity index is 2.03. The lowest BCUT2D eigenvalue weighted by Gasteiger charge is -2.01. The van der Waals surface area contributed by atoms with Gasteiger partial charge in [0.05, 0.1) is 18.1 Å². The lowest BCUT2D eigenvalue weighted by Crippen LogP contribution is -2.17. The molecule has 0 aliphatic carbocycles. The number of amides is 1. The van der Waals surface area contributed by atoms with Crippen LogP contribution in [0.15, 0.2) is 35.7 Å². The van der Waals surface area contributed by atoms with Crippen molar-refractivity contribution in [1.29, 1.82) is 0 Å². The van der Waals surface area contributed by atoms with Crippen molar-refractivity contribution < 1.29 is 9.90 Å². The number of aryl methyl sites for hydroxylation is 1. The number of carbonyl (C=O) groups is 1. The van der Waals surface area contributed by atoms with Crippen molar-refractivity contribution in [2.45, 2.75) is 6.92 Å². The van der Waals surface area contributed by atoms with Crippen LogP contribution in [0.5, 0.6) is 5.75 Å². The van der Waals surface area contributed by atoms with Crippen LogP contribution in [0.25, 0.3) is 0 Å². The molecule has 0 radical (unpaired) electrons. The van der Waals surface area contributed by atoms with Gasteiger partial charge in [-0.3, -0.25) is 4.79 Å². The fourth-order valence-electron chi connectivity index (χ4n) is 1.38. The third-order valence-corrected chi connectivity index (χ3v) is 2.37. The van der Waals surface area contributed by atoms with E-state index >= 15 is 0 Å². The molecule has 0 bridgehead atoms. The van der Waals surface area contributed by atoms with Crippen molar-refractivity contribution in [1.82, 2.24) is 15.4 Å². The first-order valence-corrected chi connectivity index (χ1v) is 5.30. The fraction of sp³-hybridized carbons (Fsp3) is 0.0833. The van der Waals surface area contributed by atoms with Crippen molar-refractivity contribution in [2.75, 3.05) is 0 Å². The van der Waals surface area contributed by atoms with E-state index in [9.17, 15) is 9.90 Å². The predicted molar refractivity (Wildman–Crippen MR) is 66.5 cm³/mol. The Kier molecular flexibility index (Phi) is 3.38. The SMILES string of the molecule is Cc1[nH]cnc1/C=N/NC(=O)c1ccccc1O. The average molecular weight is 244 g/mol. The molecule has 0 unspecified atom stereocenters. The Labute approximate surface area is 103 Å². The number of aromatic nitrogens is 2. The molecule has 0 saturated carbocycles. The normalized spacial score (nSPS) is 10.7. The van der Waals surface area contributed by atoms with Crippen molar-refractivity contribution in [3.05, 3.63) is 47.5 Å². The molecule has 0 aliphatic heterocycles. The molecule has 6 heteroatoms. The van der Waals surface area contributed by atoms with Gasteiger partial charge >= 0.3 is 0 Å². The van der Waals surface area contributed by atoms with Crippen LogP contribution in [0, 0.1) is 6.92 Å². The number of benzene rings is 1. The highest BCUT2D eigenvalue weighted by molar-refractivity contribution is 5.97. The predicted octanol–water partition coefficient (Wildman–Crippen LogP) is 1.19. The first kappa shape index (κ1) is 11.8. The first-order valence-electron chi connectivity index (χ1n) is 5.30. The van der Waals surface area contributed by atoms with Gasteiger partial charge in [-0.2, -0.15) is 5.10 Å². The maximum absolute atomic E-state index is 11.7. The number of phenolic OH excluding ortho intramolecular Hbond substituents is 1. The molecule has 0 aliphatic rings. The summed E-state index contributed by atoms with van der Waals surface area (Å²) in [5, 5.41) is 13.3. The number of aromatic amines is 1. The second kappa shape index (κ2) is 5.13. The molecule has 0 atom stereocenters. The fourth-order valence-corrected chi connectivity index (χ4v) is 1.38. The number of rotatable bonds is 3. The van der Waals surface area contributed by atoms with Gasteiger partial charge in [0.2, 0.25) is 0 Å². The highest BCUT2D eigenvalue weighted by atomic mass is 16.3. The Bertz CT molecular complexity index is 589. The molecule has 0 saturated heterocycles. The maximum Gasteiger partial charge on any atom is 0.275 e. The monoisotopic (exact) mass is 244 g/mol. The second-order valence-corrected chi connectivity index (χ2v) is 3.63. The van der Waals surface area contributed by atoms with Gasteiger partial charge in [-0.15, -0.1) is 0 Å². The summed E-state index contributed by atoms with van der Waals surface area (Å²) in [5.74, 6) is -0.557. The number of hydrogen-bond acceptors (Lipinski definition) is 4. The van der Waals surface area contributed by atoms with Crippen molar-refractivity contribution in [2.24, 2.45) is 5.10 Å². The Morgan fingerprint density at radius 3 is 2.94 bits per heavy atom. The summed E-state index contributed by atoms with van der Waals surface area (Å²) < 4.78 is 0. The van der Waals surface area contributed by atoms with E-state index in [1.807, 2.05) is 6.92 Å². The van der Waals surface area contributed by atoms with Gasteiger partial charge in [-0.1, -0.05) is 12.1 Å². The number of hydrazone groups is 1. The molecule has 0 fully saturated rings. The quantitative estimate of drug-likeness (QED) is 0.559. The molecule has 1 heterocycles. The van der Waals surface area contributed by atoms with Crippen LogP contribution in [0.3, 0.4) is 0 Å². The average Bonchev–Trinajstić information content (AvgIpc) is 2.75. The number of para-hydroxylation sites is 1. The Hall–Kier alpha value is -2.63. The number of imidazole rings is 1. The standard InChI is InChI=1S/C12H12N4O2/c1-8-10(14-7-13-8)6-15-16-12(18)9-4-2-3-5-11(9)17/h2-7,17H,1H3,(H,13,14)(H,16,18)/b15-6+. The van der Waals surface area contributed by atoms with Crippen LogP contribution < -0.4 is 5.43 Å². The Morgan fingerprint density at radius 2 is 2.28 bits per heavy atom. The van der Waals surface area contributed by atoms with Crippen LogP contribution in [-0.4, -0.2) is 27.2 Å². The van der Waals surface area contributed by atoms with E-state index in [2.05, 4.69) is 20.5 Å². The Morgan fingerprint density at radius 1 is 1.50 bits per heavy atom. The summed E-state index contributed by atoms with van der Waals surface area (Å²) in [6, 6.07) is 6.26. The summed E-state index contributed by atoms with van der Waals surface area (Å²) in [7, 11) is 0. The van der Waals surface area contributed by atoms with Crippen molar-refractivity contribution in [3.63, 3.8) is 0 Å². The van der Waals surface area contributed by atoms with E-state index in [-0.39, 0.29) is 11.3 Å². The number of H-pyrrole nitrogens is 1. The second-order valence-electron chi connectivity index (χ2n) is 3.63. The summed E-state index contributed by atoms with van der Waals surface area (Å²) in [6.07, 6.45) is 2.98. The minimum Gasteiger partial charge on any atom is -0.507 e. The lowest BCUT2D eigenvalue weighted by molar-refractivity contribution is 0.0952. The third kappa shape index (κ3) is 2.54. The third-order valence-electron chi connectivity index (χ3n) is 2.37.